The first kappa shape index (κ1) is 18.7. The molecule has 27 heavy (non-hydrogen) atoms. The predicted octanol–water partition coefficient (Wildman–Crippen LogP) is 2.55. The number of hydrogen-bond acceptors (Lipinski definition) is 8. The van der Waals surface area contributed by atoms with E-state index < -0.39 is 6.09 Å². The molecule has 4 N–H and O–H groups in total. The lowest BCUT2D eigenvalue weighted by atomic mass is 10.2. The number of pyridine rings is 1. The fourth-order valence-electron chi connectivity index (χ4n) is 2.43. The van der Waals surface area contributed by atoms with Crippen LogP contribution in [0.2, 0.25) is 0 Å². The molecule has 1 aromatic carbocycles. The number of thiophene rings is 1. The molecule has 9 heteroatoms. The van der Waals surface area contributed by atoms with E-state index in [1.54, 1.807) is 13.2 Å². The smallest absolute Gasteiger partial charge is 0.412 e. The molecular weight excluding hydrogens is 370 g/mol. The van der Waals surface area contributed by atoms with Gasteiger partial charge in [-0.15, -0.1) is 11.3 Å². The fourth-order valence-corrected chi connectivity index (χ4v) is 3.44. The Morgan fingerprint density at radius 3 is 2.96 bits per heavy atom. The van der Waals surface area contributed by atoms with Gasteiger partial charge in [0.1, 0.15) is 23.9 Å². The van der Waals surface area contributed by atoms with Gasteiger partial charge in [0.05, 0.1) is 24.6 Å². The van der Waals surface area contributed by atoms with Crippen LogP contribution in [0.4, 0.5) is 10.6 Å². The predicted molar refractivity (Wildman–Crippen MR) is 102 cm³/mol. The summed E-state index contributed by atoms with van der Waals surface area (Å²) in [5, 5.41) is 13.8. The van der Waals surface area contributed by atoms with Crippen LogP contribution in [-0.2, 0) is 6.61 Å². The fraction of sp³-hybridized carbons (Fsp3) is 0.222. The molecule has 0 aliphatic heterocycles. The van der Waals surface area contributed by atoms with Crippen molar-refractivity contribution in [1.29, 1.82) is 0 Å². The third-order valence-electron chi connectivity index (χ3n) is 3.69. The Balaban J connectivity index is 1.80. The quantitative estimate of drug-likeness (QED) is 0.569. The van der Waals surface area contributed by atoms with Gasteiger partial charge in [0.25, 0.3) is 0 Å². The topological polar surface area (TPSA) is 116 Å². The number of nitrogen functional groups attached to an aromatic ring is 1. The summed E-state index contributed by atoms with van der Waals surface area (Å²) in [5.41, 5.74) is 6.86. The van der Waals surface area contributed by atoms with E-state index in [0.717, 1.165) is 5.56 Å². The third-order valence-corrected chi connectivity index (χ3v) is 4.73. The summed E-state index contributed by atoms with van der Waals surface area (Å²) in [7, 11) is 1.59. The third kappa shape index (κ3) is 4.39. The number of carbonyl (C=O) groups is 1. The van der Waals surface area contributed by atoms with Gasteiger partial charge in [0.2, 0.25) is 0 Å². The molecule has 0 aliphatic carbocycles. The molecule has 0 bridgehead atoms. The zero-order valence-corrected chi connectivity index (χ0v) is 15.4. The van der Waals surface area contributed by atoms with Crippen molar-refractivity contribution in [2.24, 2.45) is 0 Å². The van der Waals surface area contributed by atoms with Crippen LogP contribution in [0.25, 0.3) is 10.1 Å². The number of methoxy groups -OCH3 is 1. The minimum Gasteiger partial charge on any atom is -0.497 e. The van der Waals surface area contributed by atoms with Crippen LogP contribution >= 0.6 is 11.3 Å². The number of ether oxygens (including phenoxy) is 3. The van der Waals surface area contributed by atoms with E-state index in [-0.39, 0.29) is 19.8 Å². The number of aromatic nitrogens is 1. The molecule has 2 heterocycles. The average Bonchev–Trinajstić information content (AvgIpc) is 3.12. The van der Waals surface area contributed by atoms with Gasteiger partial charge in [-0.05, 0) is 17.5 Å². The molecule has 0 saturated carbocycles. The summed E-state index contributed by atoms with van der Waals surface area (Å²) in [6, 6.07) is 7.29. The Labute approximate surface area is 159 Å². The van der Waals surface area contributed by atoms with Gasteiger partial charge in [-0.2, -0.15) is 0 Å². The summed E-state index contributed by atoms with van der Waals surface area (Å²) in [6.45, 7) is 0.211. The first-order valence-corrected chi connectivity index (χ1v) is 8.98. The Morgan fingerprint density at radius 2 is 2.19 bits per heavy atom. The Bertz CT molecular complexity index is 944. The van der Waals surface area contributed by atoms with Crippen LogP contribution < -0.4 is 25.3 Å². The number of benzene rings is 1. The highest BCUT2D eigenvalue weighted by molar-refractivity contribution is 7.17. The number of carbonyl (C=O) groups excluding carboxylic acids is 1. The standard InChI is InChI=1S/C18H19N3O5S/c1-24-12-3-2-4-13(7-12)25-9-11-10-27-16-14(8-21-17(19)15(11)16)26-18(23)20-5-6-22/h2-4,7-8,10,22H,5-6,9H2,1H3,(H2,19,21)(H,20,23). The molecule has 8 nitrogen and oxygen atoms in total. The van der Waals surface area contributed by atoms with E-state index in [0.29, 0.717) is 33.2 Å². The van der Waals surface area contributed by atoms with Crippen molar-refractivity contribution in [3.8, 4) is 17.2 Å². The molecule has 3 aromatic rings. The number of hydrogen-bond donors (Lipinski definition) is 3. The minimum atomic E-state index is -0.667. The summed E-state index contributed by atoms with van der Waals surface area (Å²) >= 11 is 1.38. The lowest BCUT2D eigenvalue weighted by Gasteiger charge is -2.09. The van der Waals surface area contributed by atoms with E-state index in [9.17, 15) is 4.79 Å². The van der Waals surface area contributed by atoms with Crippen molar-refractivity contribution < 1.29 is 24.1 Å². The number of aliphatic hydroxyl groups is 1. The highest BCUT2D eigenvalue weighted by Gasteiger charge is 2.16. The van der Waals surface area contributed by atoms with Crippen molar-refractivity contribution in [3.05, 3.63) is 41.4 Å². The van der Waals surface area contributed by atoms with E-state index in [2.05, 4.69) is 10.3 Å². The zero-order valence-electron chi connectivity index (χ0n) is 14.6. The van der Waals surface area contributed by atoms with Crippen LogP contribution in [0.3, 0.4) is 0 Å². The zero-order chi connectivity index (χ0) is 19.2. The minimum absolute atomic E-state index is 0.106. The van der Waals surface area contributed by atoms with Crippen molar-refractivity contribution in [3.63, 3.8) is 0 Å². The molecule has 0 radical (unpaired) electrons. The SMILES string of the molecule is COc1cccc(OCc2csc3c(OC(=O)NCCO)cnc(N)c23)c1. The molecule has 0 spiro atoms. The number of anilines is 1. The highest BCUT2D eigenvalue weighted by Crippen LogP contribution is 2.37. The number of rotatable bonds is 7. The molecule has 0 aliphatic rings. The highest BCUT2D eigenvalue weighted by atomic mass is 32.1. The van der Waals surface area contributed by atoms with E-state index >= 15 is 0 Å². The second-order valence-electron chi connectivity index (χ2n) is 5.48. The number of nitrogens with two attached hydrogens (primary N) is 1. The average molecular weight is 389 g/mol. The van der Waals surface area contributed by atoms with Crippen molar-refractivity contribution >= 4 is 33.3 Å². The van der Waals surface area contributed by atoms with Crippen LogP contribution in [0.1, 0.15) is 5.56 Å². The van der Waals surface area contributed by atoms with Gasteiger partial charge < -0.3 is 30.4 Å². The van der Waals surface area contributed by atoms with Gasteiger partial charge in [0.15, 0.2) is 5.75 Å². The Kier molecular flexibility index (Phi) is 5.94. The molecule has 0 fully saturated rings. The molecule has 3 rings (SSSR count). The molecule has 1 amide bonds. The molecular formula is C18H19N3O5S. The van der Waals surface area contributed by atoms with E-state index in [1.807, 2.05) is 23.6 Å². The Hall–Kier alpha value is -3.04. The van der Waals surface area contributed by atoms with Crippen LogP contribution in [-0.4, -0.2) is 36.4 Å². The second kappa shape index (κ2) is 8.56. The number of nitrogens with one attached hydrogen (secondary N) is 1. The van der Waals surface area contributed by atoms with Crippen LogP contribution in [0, 0.1) is 0 Å². The lowest BCUT2D eigenvalue weighted by Crippen LogP contribution is -2.29. The van der Waals surface area contributed by atoms with Crippen molar-refractivity contribution in [2.75, 3.05) is 26.0 Å². The van der Waals surface area contributed by atoms with Gasteiger partial charge >= 0.3 is 6.09 Å². The summed E-state index contributed by atoms with van der Waals surface area (Å²) < 4.78 is 17.0. The molecule has 2 aromatic heterocycles. The van der Waals surface area contributed by atoms with Gasteiger partial charge in [0, 0.05) is 23.6 Å². The van der Waals surface area contributed by atoms with E-state index in [4.69, 9.17) is 25.1 Å². The normalized spacial score (nSPS) is 10.6. The first-order chi connectivity index (χ1) is 13.1. The second-order valence-corrected chi connectivity index (χ2v) is 6.36. The maximum atomic E-state index is 11.7. The van der Waals surface area contributed by atoms with Crippen LogP contribution in [0.5, 0.6) is 17.2 Å². The monoisotopic (exact) mass is 389 g/mol. The van der Waals surface area contributed by atoms with Gasteiger partial charge in [-0.3, -0.25) is 0 Å². The summed E-state index contributed by atoms with van der Waals surface area (Å²) in [6.07, 6.45) is 0.735. The maximum Gasteiger partial charge on any atom is 0.412 e. The number of fused-ring (bicyclic) bond motifs is 1. The largest absolute Gasteiger partial charge is 0.497 e. The maximum absolute atomic E-state index is 11.7. The molecule has 0 atom stereocenters. The molecule has 0 saturated heterocycles. The van der Waals surface area contributed by atoms with Crippen molar-refractivity contribution in [1.82, 2.24) is 10.3 Å². The van der Waals surface area contributed by atoms with Gasteiger partial charge in [-0.1, -0.05) is 6.07 Å². The number of amides is 1. The summed E-state index contributed by atoms with van der Waals surface area (Å²) in [5.74, 6) is 2.00. The lowest BCUT2D eigenvalue weighted by molar-refractivity contribution is 0.196. The Morgan fingerprint density at radius 1 is 1.37 bits per heavy atom. The molecule has 0 unspecified atom stereocenters. The van der Waals surface area contributed by atoms with Crippen molar-refractivity contribution in [2.45, 2.75) is 6.61 Å². The number of aliphatic hydroxyl groups excluding tert-OH is 1. The van der Waals surface area contributed by atoms with E-state index in [1.165, 1.54) is 17.5 Å². The first-order valence-electron chi connectivity index (χ1n) is 8.10. The van der Waals surface area contributed by atoms with Gasteiger partial charge in [-0.25, -0.2) is 9.78 Å². The molecule has 142 valence electrons. The summed E-state index contributed by atoms with van der Waals surface area (Å²) in [4.78, 5) is 15.9. The number of nitrogens with zero attached hydrogens (tertiary/aromatic N) is 1. The van der Waals surface area contributed by atoms with Crippen LogP contribution in [0.15, 0.2) is 35.8 Å².